The first-order valence-electron chi connectivity index (χ1n) is 6.33. The maximum absolute atomic E-state index is 12.3. The van der Waals surface area contributed by atoms with E-state index in [9.17, 15) is 14.7 Å². The predicted molar refractivity (Wildman–Crippen MR) is 67.4 cm³/mol. The fourth-order valence-corrected chi connectivity index (χ4v) is 2.51. The first-order chi connectivity index (χ1) is 8.61. The van der Waals surface area contributed by atoms with Gasteiger partial charge in [0.1, 0.15) is 0 Å². The Labute approximate surface area is 108 Å². The maximum atomic E-state index is 12.3. The lowest BCUT2D eigenvalue weighted by Gasteiger charge is -2.34. The van der Waals surface area contributed by atoms with Crippen molar-refractivity contribution < 1.29 is 14.7 Å². The van der Waals surface area contributed by atoms with Crippen molar-refractivity contribution >= 4 is 11.9 Å². The molecule has 18 heavy (non-hydrogen) atoms. The van der Waals surface area contributed by atoms with Gasteiger partial charge in [0.25, 0.3) is 0 Å². The van der Waals surface area contributed by atoms with Gasteiger partial charge in [0.2, 0.25) is 5.91 Å². The Morgan fingerprint density at radius 1 is 1.11 bits per heavy atom. The summed E-state index contributed by atoms with van der Waals surface area (Å²) in [6.45, 7) is 8.05. The Hall–Kier alpha value is -1.58. The second kappa shape index (κ2) is 6.99. The first kappa shape index (κ1) is 14.5. The van der Waals surface area contributed by atoms with Crippen LogP contribution in [0.15, 0.2) is 25.3 Å². The van der Waals surface area contributed by atoms with Crippen LogP contribution in [0, 0.1) is 11.8 Å². The lowest BCUT2D eigenvalue weighted by atomic mass is 9.78. The van der Waals surface area contributed by atoms with Crippen LogP contribution in [-0.4, -0.2) is 29.9 Å². The minimum Gasteiger partial charge on any atom is -0.550 e. The molecule has 0 aromatic heterocycles. The van der Waals surface area contributed by atoms with Crippen LogP contribution < -0.4 is 5.11 Å². The zero-order valence-corrected chi connectivity index (χ0v) is 10.6. The van der Waals surface area contributed by atoms with Gasteiger partial charge in [-0.2, -0.15) is 0 Å². The highest BCUT2D eigenvalue weighted by Crippen LogP contribution is 2.31. The zero-order valence-electron chi connectivity index (χ0n) is 10.6. The first-order valence-corrected chi connectivity index (χ1v) is 6.33. The summed E-state index contributed by atoms with van der Waals surface area (Å²) >= 11 is 0. The number of hydrogen-bond acceptors (Lipinski definition) is 3. The Bertz CT molecular complexity index is 328. The molecule has 100 valence electrons. The summed E-state index contributed by atoms with van der Waals surface area (Å²) in [6.07, 6.45) is 6.19. The summed E-state index contributed by atoms with van der Waals surface area (Å²) in [5.41, 5.74) is 0. The van der Waals surface area contributed by atoms with Gasteiger partial charge < -0.3 is 14.8 Å². The number of carboxylic acids is 1. The fourth-order valence-electron chi connectivity index (χ4n) is 2.51. The number of rotatable bonds is 6. The van der Waals surface area contributed by atoms with Gasteiger partial charge in [-0.3, -0.25) is 4.79 Å². The lowest BCUT2D eigenvalue weighted by molar-refractivity contribution is -0.314. The van der Waals surface area contributed by atoms with Gasteiger partial charge in [0.05, 0.1) is 0 Å². The molecule has 0 heterocycles. The molecule has 1 aliphatic rings. The van der Waals surface area contributed by atoms with E-state index in [1.165, 1.54) is 0 Å². The molecule has 1 saturated carbocycles. The summed E-state index contributed by atoms with van der Waals surface area (Å²) < 4.78 is 0. The van der Waals surface area contributed by atoms with Crippen molar-refractivity contribution in [1.29, 1.82) is 0 Å². The molecule has 0 N–H and O–H groups in total. The van der Waals surface area contributed by atoms with Gasteiger partial charge in [-0.25, -0.2) is 0 Å². The van der Waals surface area contributed by atoms with Gasteiger partial charge in [-0.15, -0.1) is 13.2 Å². The molecular formula is C14H20NO3-. The van der Waals surface area contributed by atoms with E-state index in [4.69, 9.17) is 0 Å². The molecule has 4 nitrogen and oxygen atoms in total. The molecule has 0 spiro atoms. The largest absolute Gasteiger partial charge is 0.550 e. The van der Waals surface area contributed by atoms with E-state index in [2.05, 4.69) is 13.2 Å². The molecule has 0 aliphatic heterocycles. The monoisotopic (exact) mass is 250 g/mol. The minimum absolute atomic E-state index is 0.122. The summed E-state index contributed by atoms with van der Waals surface area (Å²) in [4.78, 5) is 25.0. The van der Waals surface area contributed by atoms with E-state index in [-0.39, 0.29) is 5.91 Å². The highest BCUT2D eigenvalue weighted by Gasteiger charge is 2.33. The lowest BCUT2D eigenvalue weighted by Crippen LogP contribution is -2.46. The molecule has 0 unspecified atom stereocenters. The van der Waals surface area contributed by atoms with Crippen LogP contribution >= 0.6 is 0 Å². The molecule has 0 bridgehead atoms. The van der Waals surface area contributed by atoms with Crippen LogP contribution in [-0.2, 0) is 9.59 Å². The SMILES string of the molecule is C=CCN(CC=C)C(=O)[C@H]1CCCC[C@H]1C(=O)[O-]. The van der Waals surface area contributed by atoms with Crippen LogP contribution in [0.1, 0.15) is 25.7 Å². The zero-order chi connectivity index (χ0) is 13.5. The molecule has 0 radical (unpaired) electrons. The Balaban J connectivity index is 2.79. The van der Waals surface area contributed by atoms with Crippen molar-refractivity contribution in [3.63, 3.8) is 0 Å². The molecule has 1 amide bonds. The van der Waals surface area contributed by atoms with Gasteiger partial charge in [0, 0.05) is 30.9 Å². The van der Waals surface area contributed by atoms with Crippen molar-refractivity contribution in [1.82, 2.24) is 4.90 Å². The van der Waals surface area contributed by atoms with Crippen molar-refractivity contribution in [3.8, 4) is 0 Å². The highest BCUT2D eigenvalue weighted by molar-refractivity contribution is 5.84. The standard InChI is InChI=1S/C14H21NO3/c1-3-9-15(10-4-2)13(16)11-7-5-6-8-12(11)14(17)18/h3-4,11-12H,1-2,5-10H2,(H,17,18)/p-1/t11-,12+/m0/s1. The van der Waals surface area contributed by atoms with Crippen LogP contribution in [0.4, 0.5) is 0 Å². The van der Waals surface area contributed by atoms with E-state index in [0.29, 0.717) is 25.9 Å². The molecule has 4 heteroatoms. The average molecular weight is 250 g/mol. The molecule has 0 saturated heterocycles. The highest BCUT2D eigenvalue weighted by atomic mass is 16.4. The molecule has 1 rings (SSSR count). The van der Waals surface area contributed by atoms with Gasteiger partial charge >= 0.3 is 0 Å². The summed E-state index contributed by atoms with van der Waals surface area (Å²) in [5.74, 6) is -2.33. The minimum atomic E-state index is -1.11. The van der Waals surface area contributed by atoms with Crippen molar-refractivity contribution in [3.05, 3.63) is 25.3 Å². The van der Waals surface area contributed by atoms with E-state index in [1.54, 1.807) is 17.1 Å². The third-order valence-electron chi connectivity index (χ3n) is 3.40. The molecule has 1 fully saturated rings. The number of carbonyl (C=O) groups excluding carboxylic acids is 2. The second-order valence-corrected chi connectivity index (χ2v) is 4.64. The van der Waals surface area contributed by atoms with Crippen LogP contribution in [0.3, 0.4) is 0 Å². The number of amides is 1. The van der Waals surface area contributed by atoms with E-state index >= 15 is 0 Å². The molecular weight excluding hydrogens is 230 g/mol. The summed E-state index contributed by atoms with van der Waals surface area (Å²) in [6, 6.07) is 0. The number of hydrogen-bond donors (Lipinski definition) is 0. The van der Waals surface area contributed by atoms with Gasteiger partial charge in [0.15, 0.2) is 0 Å². The van der Waals surface area contributed by atoms with E-state index in [0.717, 1.165) is 12.8 Å². The smallest absolute Gasteiger partial charge is 0.226 e. The van der Waals surface area contributed by atoms with Crippen molar-refractivity contribution in [2.75, 3.05) is 13.1 Å². The molecule has 0 aromatic carbocycles. The average Bonchev–Trinajstić information content (AvgIpc) is 2.37. The molecule has 0 aromatic rings. The summed E-state index contributed by atoms with van der Waals surface area (Å²) in [7, 11) is 0. The van der Waals surface area contributed by atoms with Crippen LogP contribution in [0.25, 0.3) is 0 Å². The normalized spacial score (nSPS) is 23.1. The van der Waals surface area contributed by atoms with Crippen molar-refractivity contribution in [2.24, 2.45) is 11.8 Å². The number of nitrogens with zero attached hydrogens (tertiary/aromatic N) is 1. The quantitative estimate of drug-likeness (QED) is 0.653. The topological polar surface area (TPSA) is 60.4 Å². The van der Waals surface area contributed by atoms with Crippen LogP contribution in [0.5, 0.6) is 0 Å². The molecule has 2 atom stereocenters. The fraction of sp³-hybridized carbons (Fsp3) is 0.571. The second-order valence-electron chi connectivity index (χ2n) is 4.64. The van der Waals surface area contributed by atoms with E-state index in [1.807, 2.05) is 0 Å². The Morgan fingerprint density at radius 3 is 2.06 bits per heavy atom. The Kier molecular flexibility index (Phi) is 5.62. The molecule has 1 aliphatic carbocycles. The van der Waals surface area contributed by atoms with Crippen LogP contribution in [0.2, 0.25) is 0 Å². The number of carbonyl (C=O) groups is 2. The number of carboxylic acid groups (broad SMARTS) is 1. The van der Waals surface area contributed by atoms with Crippen molar-refractivity contribution in [2.45, 2.75) is 25.7 Å². The predicted octanol–water partition coefficient (Wildman–Crippen LogP) is 0.743. The summed E-state index contributed by atoms with van der Waals surface area (Å²) in [5, 5.41) is 11.1. The maximum Gasteiger partial charge on any atom is 0.226 e. The van der Waals surface area contributed by atoms with E-state index < -0.39 is 17.8 Å². The number of aliphatic carboxylic acids is 1. The van der Waals surface area contributed by atoms with Gasteiger partial charge in [-0.05, 0) is 12.8 Å². The third-order valence-corrected chi connectivity index (χ3v) is 3.40. The van der Waals surface area contributed by atoms with Gasteiger partial charge in [-0.1, -0.05) is 25.0 Å². The Morgan fingerprint density at radius 2 is 1.61 bits per heavy atom. The third kappa shape index (κ3) is 3.45.